The first-order chi connectivity index (χ1) is 0. The average Bonchev–Trinajstić information content (AvgIpc) is 0. The molecule has 0 aliphatic rings. The zero-order valence-corrected chi connectivity index (χ0v) is 10.6. The average molecular weight is 624 g/mol. The molecule has 0 bridgehead atoms. The molecule has 0 amide bonds. The van der Waals surface area contributed by atoms with E-state index in [9.17, 15) is 0 Å². The van der Waals surface area contributed by atoms with Gasteiger partial charge in [0.05, 0.1) is 0 Å². The van der Waals surface area contributed by atoms with Crippen molar-refractivity contribution in [3.8, 4) is 0 Å². The molecule has 0 saturated heterocycles. The van der Waals surface area contributed by atoms with Gasteiger partial charge < -0.3 is 0 Å². The van der Waals surface area contributed by atoms with Gasteiger partial charge in [0.1, 0.15) is 0 Å². The molecule has 0 aromatic carbocycles. The summed E-state index contributed by atoms with van der Waals surface area (Å²) in [5.74, 6) is 0. The normalized spacial score (nSPS) is 0. The van der Waals surface area contributed by atoms with Gasteiger partial charge in [-0.1, -0.05) is 0 Å². The zero-order valence-electron chi connectivity index (χ0n) is 1.44. The van der Waals surface area contributed by atoms with E-state index in [1.165, 1.54) is 0 Å². The Morgan fingerprint density at radius 2 is 1.00 bits per heavy atom. The maximum Gasteiger partial charge on any atom is 0 e. The van der Waals surface area contributed by atoms with Crippen LogP contribution in [0.3, 0.4) is 0 Å². The quantitative estimate of drug-likeness (QED) is 0.357. The Bertz CT molecular complexity index is 8.00. The van der Waals surface area contributed by atoms with Crippen molar-refractivity contribution in [2.24, 2.45) is 0 Å². The van der Waals surface area contributed by atoms with Crippen molar-refractivity contribution < 1.29 is 167 Å². The monoisotopic (exact) mass is 628 g/mol. The standard InChI is InChI=1S/Dy.Eu.Sm.Tb. The van der Waals surface area contributed by atoms with Gasteiger partial charge in [-0.05, 0) is 0 Å². The summed E-state index contributed by atoms with van der Waals surface area (Å²) in [5.41, 5.74) is 0. The molecule has 0 atom stereocenters. The summed E-state index contributed by atoms with van der Waals surface area (Å²) in [5, 5.41) is 0. The molecule has 0 aliphatic carbocycles. The van der Waals surface area contributed by atoms with E-state index in [1.54, 1.807) is 0 Å². The summed E-state index contributed by atoms with van der Waals surface area (Å²) in [6.45, 7) is 0. The van der Waals surface area contributed by atoms with Crippen LogP contribution in [0.4, 0.5) is 0 Å². The Balaban J connectivity index is 0. The van der Waals surface area contributed by atoms with Gasteiger partial charge in [-0.25, -0.2) is 0 Å². The van der Waals surface area contributed by atoms with Crippen molar-refractivity contribution in [3.05, 3.63) is 0 Å². The molecular formula is DyEuSmTb. The van der Waals surface area contributed by atoms with E-state index in [4.69, 9.17) is 0 Å². The van der Waals surface area contributed by atoms with Gasteiger partial charge >= 0.3 is 0 Å². The fraction of sp³-hybridized carbons (Fsp3) is 0. The van der Waals surface area contributed by atoms with Gasteiger partial charge in [0.15, 0.2) is 0 Å². The third-order valence-corrected chi connectivity index (χ3v) is 0. The number of hydrogen-bond acceptors (Lipinski definition) is 0. The molecule has 0 rings (SSSR count). The van der Waals surface area contributed by atoms with E-state index in [0.29, 0.717) is 0 Å². The third-order valence-electron chi connectivity index (χ3n) is 0. The van der Waals surface area contributed by atoms with E-state index in [1.807, 2.05) is 0 Å². The van der Waals surface area contributed by atoms with Crippen LogP contribution in [0.15, 0.2) is 0 Å². The minimum Gasteiger partial charge on any atom is 0 e. The number of rotatable bonds is 0. The second kappa shape index (κ2) is 15.8. The van der Waals surface area contributed by atoms with Gasteiger partial charge in [0.25, 0.3) is 0 Å². The van der Waals surface area contributed by atoms with E-state index < -0.39 is 0 Å². The molecule has 0 aromatic rings. The molecule has 0 heterocycles. The van der Waals surface area contributed by atoms with Gasteiger partial charge in [-0.3, -0.25) is 0 Å². The van der Waals surface area contributed by atoms with Crippen molar-refractivity contribution in [3.63, 3.8) is 0 Å². The second-order valence-electron chi connectivity index (χ2n) is 0. The van der Waals surface area contributed by atoms with Crippen LogP contribution < -0.4 is 0 Å². The molecule has 0 spiro atoms. The van der Waals surface area contributed by atoms with Gasteiger partial charge in [-0.15, -0.1) is 0 Å². The van der Waals surface area contributed by atoms with Crippen molar-refractivity contribution >= 4 is 0 Å². The van der Waals surface area contributed by atoms with E-state index in [0.717, 1.165) is 0 Å². The van der Waals surface area contributed by atoms with Gasteiger partial charge in [0.2, 0.25) is 0 Å². The Kier molecular flexibility index (Phi) is 89.7. The predicted octanol–water partition coefficient (Wildman–Crippen LogP) is 0. The Morgan fingerprint density at radius 3 is 1.00 bits per heavy atom. The van der Waals surface area contributed by atoms with Crippen LogP contribution in [0.5, 0.6) is 0 Å². The molecule has 0 saturated carbocycles. The van der Waals surface area contributed by atoms with Crippen LogP contribution >= 0.6 is 0 Å². The van der Waals surface area contributed by atoms with Gasteiger partial charge in [-0.2, -0.15) is 0 Å². The van der Waals surface area contributed by atoms with Crippen molar-refractivity contribution in [2.45, 2.75) is 0 Å². The van der Waals surface area contributed by atoms with Crippen molar-refractivity contribution in [2.75, 3.05) is 0 Å². The molecular weight excluding hydrogens is 624 g/mol. The van der Waals surface area contributed by atoms with Gasteiger partial charge in [0, 0.05) is 167 Å². The topological polar surface area (TPSA) is 0 Å². The Labute approximate surface area is 160 Å². The molecule has 0 unspecified atom stereocenters. The smallest absolute Gasteiger partial charge is 0 e. The molecule has 2 radical (unpaired) electrons. The SMILES string of the molecule is [Dy].[Eu].[Sm].[Tb]. The van der Waals surface area contributed by atoms with Crippen LogP contribution in [0, 0.1) is 167 Å². The number of hydrogen-bond donors (Lipinski definition) is 0. The summed E-state index contributed by atoms with van der Waals surface area (Å²) >= 11 is 0. The van der Waals surface area contributed by atoms with Crippen LogP contribution in [-0.2, 0) is 0 Å². The molecule has 0 aliphatic heterocycles. The third kappa shape index (κ3) is 10.5. The van der Waals surface area contributed by atoms with E-state index >= 15 is 0 Å². The van der Waals surface area contributed by atoms with Crippen molar-refractivity contribution in [1.29, 1.82) is 0 Å². The first-order valence-electron chi connectivity index (χ1n) is 0. The second-order valence-corrected chi connectivity index (χ2v) is 0. The summed E-state index contributed by atoms with van der Waals surface area (Å²) in [6.07, 6.45) is 0. The van der Waals surface area contributed by atoms with E-state index in [2.05, 4.69) is 0 Å². The molecule has 0 N–H and O–H groups in total. The largest absolute Gasteiger partial charge is 0 e. The van der Waals surface area contributed by atoms with Crippen molar-refractivity contribution in [1.82, 2.24) is 0 Å². The molecule has 4 heteroatoms. The Hall–Kier alpha value is 5.48. The molecule has 32 valence electrons. The molecule has 0 aromatic heterocycles. The Morgan fingerprint density at radius 1 is 1.00 bits per heavy atom. The zero-order chi connectivity index (χ0) is 0. The van der Waals surface area contributed by atoms with Crippen LogP contribution in [0.1, 0.15) is 0 Å². The van der Waals surface area contributed by atoms with Crippen LogP contribution in [0.25, 0.3) is 0 Å². The minimum absolute atomic E-state index is 0. The summed E-state index contributed by atoms with van der Waals surface area (Å²) in [4.78, 5) is 0. The molecule has 4 heavy (non-hydrogen) atoms. The summed E-state index contributed by atoms with van der Waals surface area (Å²) in [6, 6.07) is 0. The summed E-state index contributed by atoms with van der Waals surface area (Å²) < 4.78 is 0. The first kappa shape index (κ1) is 22.7. The minimum atomic E-state index is 0. The van der Waals surface area contributed by atoms with Crippen LogP contribution in [-0.4, -0.2) is 0 Å². The fourth-order valence-electron chi connectivity index (χ4n) is 0. The predicted molar refractivity (Wildman–Crippen MR) is 0 cm³/mol. The first-order valence-corrected chi connectivity index (χ1v) is 0. The fourth-order valence-corrected chi connectivity index (χ4v) is 0. The molecule has 0 nitrogen and oxygen atoms in total. The maximum atomic E-state index is 0. The van der Waals surface area contributed by atoms with Crippen LogP contribution in [0.2, 0.25) is 0 Å². The molecule has 0 fully saturated rings. The van der Waals surface area contributed by atoms with E-state index in [-0.39, 0.29) is 167 Å². The maximum absolute atomic E-state index is 0. The summed E-state index contributed by atoms with van der Waals surface area (Å²) in [7, 11) is 0.